The minimum Gasteiger partial charge on any atom is -0.312 e. The Kier molecular flexibility index (Phi) is 5.79. The van der Waals surface area contributed by atoms with Crippen LogP contribution in [0, 0.1) is 11.8 Å². The number of rotatable bonds is 6. The highest BCUT2D eigenvalue weighted by Crippen LogP contribution is 2.36. The maximum absolute atomic E-state index is 13.9. The van der Waals surface area contributed by atoms with Gasteiger partial charge in [-0.05, 0) is 42.4 Å². The van der Waals surface area contributed by atoms with E-state index < -0.39 is 5.92 Å². The molecule has 0 aliphatic carbocycles. The lowest BCUT2D eigenvalue weighted by atomic mass is 9.84. The van der Waals surface area contributed by atoms with Crippen LogP contribution >= 0.6 is 0 Å². The van der Waals surface area contributed by atoms with Crippen LogP contribution in [0.15, 0.2) is 30.9 Å². The van der Waals surface area contributed by atoms with Gasteiger partial charge in [0.05, 0.1) is 0 Å². The van der Waals surface area contributed by atoms with Crippen LogP contribution in [0.2, 0.25) is 0 Å². The molecule has 0 aromatic heterocycles. The molecule has 1 aromatic carbocycles. The lowest BCUT2D eigenvalue weighted by Gasteiger charge is -2.35. The number of halogens is 2. The standard InChI is InChI=1S/C20H27F2NO/c1-5-14(4)16-10-11-23(19(24)13-16)18-9-8-17(12-15(18)6-2)20(21,22)7-3/h5,8-9,12,14,16H,1,6-7,10-11,13H2,2-4H3. The van der Waals surface area contributed by atoms with Crippen LogP contribution in [-0.2, 0) is 17.1 Å². The van der Waals surface area contributed by atoms with E-state index >= 15 is 0 Å². The van der Waals surface area contributed by atoms with Gasteiger partial charge in [-0.2, -0.15) is 0 Å². The number of piperidine rings is 1. The van der Waals surface area contributed by atoms with Gasteiger partial charge < -0.3 is 4.90 Å². The summed E-state index contributed by atoms with van der Waals surface area (Å²) < 4.78 is 27.9. The summed E-state index contributed by atoms with van der Waals surface area (Å²) in [5.74, 6) is -2.11. The molecule has 1 aromatic rings. The molecular weight excluding hydrogens is 308 g/mol. The fraction of sp³-hybridized carbons (Fsp3) is 0.550. The first-order chi connectivity index (χ1) is 11.3. The van der Waals surface area contributed by atoms with Crippen molar-refractivity contribution in [2.45, 2.75) is 52.4 Å². The van der Waals surface area contributed by atoms with Crippen LogP contribution in [0.5, 0.6) is 0 Å². The summed E-state index contributed by atoms with van der Waals surface area (Å²) >= 11 is 0. The predicted molar refractivity (Wildman–Crippen MR) is 94.4 cm³/mol. The van der Waals surface area contributed by atoms with Crippen LogP contribution in [0.1, 0.15) is 51.2 Å². The highest BCUT2D eigenvalue weighted by molar-refractivity contribution is 5.95. The number of benzene rings is 1. The topological polar surface area (TPSA) is 20.3 Å². The monoisotopic (exact) mass is 335 g/mol. The van der Waals surface area contributed by atoms with Gasteiger partial charge in [0.25, 0.3) is 5.92 Å². The van der Waals surface area contributed by atoms with Crippen LogP contribution in [0.25, 0.3) is 0 Å². The Hall–Kier alpha value is -1.71. The van der Waals surface area contributed by atoms with E-state index in [1.165, 1.54) is 13.0 Å². The molecule has 2 atom stereocenters. The zero-order valence-corrected chi connectivity index (χ0v) is 14.8. The number of hydrogen-bond acceptors (Lipinski definition) is 1. The van der Waals surface area contributed by atoms with E-state index in [0.29, 0.717) is 31.2 Å². The summed E-state index contributed by atoms with van der Waals surface area (Å²) in [5.41, 5.74) is 1.63. The quantitative estimate of drug-likeness (QED) is 0.645. The minimum absolute atomic E-state index is 0.0354. The molecule has 2 unspecified atom stereocenters. The molecule has 132 valence electrons. The summed E-state index contributed by atoms with van der Waals surface area (Å²) in [6, 6.07) is 4.71. The van der Waals surface area contributed by atoms with Gasteiger partial charge in [-0.15, -0.1) is 6.58 Å². The second-order valence-electron chi connectivity index (χ2n) is 6.65. The van der Waals surface area contributed by atoms with Gasteiger partial charge in [-0.25, -0.2) is 8.78 Å². The van der Waals surface area contributed by atoms with Crippen molar-refractivity contribution in [3.8, 4) is 0 Å². The SMILES string of the molecule is C=CC(C)C1CCN(c2ccc(C(F)(F)CC)cc2CC)C(=O)C1. The molecule has 1 aliphatic heterocycles. The minimum atomic E-state index is -2.82. The van der Waals surface area contributed by atoms with Gasteiger partial charge in [-0.1, -0.05) is 32.9 Å². The molecule has 0 N–H and O–H groups in total. The number of amides is 1. The Balaban J connectivity index is 2.26. The van der Waals surface area contributed by atoms with Crippen LogP contribution < -0.4 is 4.90 Å². The average molecular weight is 335 g/mol. The zero-order valence-electron chi connectivity index (χ0n) is 14.8. The molecule has 2 nitrogen and oxygen atoms in total. The summed E-state index contributed by atoms with van der Waals surface area (Å²) in [6.07, 6.45) is 3.70. The number of aryl methyl sites for hydroxylation is 1. The molecular formula is C20H27F2NO. The van der Waals surface area contributed by atoms with Gasteiger partial charge in [0.2, 0.25) is 5.91 Å². The van der Waals surface area contributed by atoms with E-state index in [4.69, 9.17) is 0 Å². The molecule has 1 heterocycles. The number of alkyl halides is 2. The van der Waals surface area contributed by atoms with Crippen molar-refractivity contribution in [2.75, 3.05) is 11.4 Å². The molecule has 0 radical (unpaired) electrons. The Labute approximate surface area is 143 Å². The molecule has 0 bridgehead atoms. The van der Waals surface area contributed by atoms with E-state index in [1.807, 2.05) is 13.0 Å². The number of carbonyl (C=O) groups is 1. The van der Waals surface area contributed by atoms with E-state index in [2.05, 4.69) is 13.5 Å². The van der Waals surface area contributed by atoms with E-state index in [-0.39, 0.29) is 17.9 Å². The normalized spacial score (nSPS) is 20.1. The van der Waals surface area contributed by atoms with Gasteiger partial charge in [0, 0.05) is 30.6 Å². The van der Waals surface area contributed by atoms with Crippen molar-refractivity contribution in [1.82, 2.24) is 0 Å². The number of carbonyl (C=O) groups excluding carboxylic acids is 1. The molecule has 0 spiro atoms. The maximum atomic E-state index is 13.9. The molecule has 1 saturated heterocycles. The Morgan fingerprint density at radius 1 is 1.42 bits per heavy atom. The summed E-state index contributed by atoms with van der Waals surface area (Å²) in [5, 5.41) is 0. The third kappa shape index (κ3) is 3.68. The number of nitrogens with zero attached hydrogens (tertiary/aromatic N) is 1. The largest absolute Gasteiger partial charge is 0.312 e. The van der Waals surface area contributed by atoms with Crippen molar-refractivity contribution in [2.24, 2.45) is 11.8 Å². The lowest BCUT2D eigenvalue weighted by molar-refractivity contribution is -0.121. The van der Waals surface area contributed by atoms with E-state index in [9.17, 15) is 13.6 Å². The summed E-state index contributed by atoms with van der Waals surface area (Å²) in [4.78, 5) is 14.3. The number of allylic oxidation sites excluding steroid dienone is 1. The molecule has 1 aliphatic rings. The third-order valence-electron chi connectivity index (χ3n) is 5.19. The fourth-order valence-corrected chi connectivity index (χ4v) is 3.32. The molecule has 2 rings (SSSR count). The van der Waals surface area contributed by atoms with Crippen molar-refractivity contribution in [3.63, 3.8) is 0 Å². The Bertz CT molecular complexity index is 612. The Morgan fingerprint density at radius 2 is 2.12 bits per heavy atom. The first-order valence-electron chi connectivity index (χ1n) is 8.78. The second-order valence-corrected chi connectivity index (χ2v) is 6.65. The van der Waals surface area contributed by atoms with Crippen molar-refractivity contribution in [3.05, 3.63) is 42.0 Å². The highest BCUT2D eigenvalue weighted by Gasteiger charge is 2.32. The van der Waals surface area contributed by atoms with Crippen molar-refractivity contribution >= 4 is 11.6 Å². The van der Waals surface area contributed by atoms with Gasteiger partial charge >= 0.3 is 0 Å². The van der Waals surface area contributed by atoms with Crippen LogP contribution in [-0.4, -0.2) is 12.5 Å². The first kappa shape index (κ1) is 18.6. The highest BCUT2D eigenvalue weighted by atomic mass is 19.3. The Morgan fingerprint density at radius 3 is 2.67 bits per heavy atom. The summed E-state index contributed by atoms with van der Waals surface area (Å²) in [7, 11) is 0. The van der Waals surface area contributed by atoms with Crippen molar-refractivity contribution in [1.29, 1.82) is 0 Å². The fourth-order valence-electron chi connectivity index (χ4n) is 3.32. The number of hydrogen-bond donors (Lipinski definition) is 0. The summed E-state index contributed by atoms with van der Waals surface area (Å²) in [6.45, 7) is 9.95. The molecule has 4 heteroatoms. The smallest absolute Gasteiger partial charge is 0.273 e. The van der Waals surface area contributed by atoms with Gasteiger partial charge in [0.15, 0.2) is 0 Å². The molecule has 1 amide bonds. The van der Waals surface area contributed by atoms with Crippen LogP contribution in [0.3, 0.4) is 0 Å². The van der Waals surface area contributed by atoms with E-state index in [1.54, 1.807) is 17.0 Å². The first-order valence-corrected chi connectivity index (χ1v) is 8.78. The number of anilines is 1. The van der Waals surface area contributed by atoms with Gasteiger partial charge in [0.1, 0.15) is 0 Å². The molecule has 1 fully saturated rings. The molecule has 0 saturated carbocycles. The van der Waals surface area contributed by atoms with Crippen molar-refractivity contribution < 1.29 is 13.6 Å². The lowest BCUT2D eigenvalue weighted by Crippen LogP contribution is -2.40. The molecule has 24 heavy (non-hydrogen) atoms. The van der Waals surface area contributed by atoms with E-state index in [0.717, 1.165) is 17.7 Å². The maximum Gasteiger partial charge on any atom is 0.273 e. The van der Waals surface area contributed by atoms with Gasteiger partial charge in [-0.3, -0.25) is 4.79 Å². The third-order valence-corrected chi connectivity index (χ3v) is 5.19. The predicted octanol–water partition coefficient (Wildman–Crippen LogP) is 5.32. The second kappa shape index (κ2) is 7.45. The average Bonchev–Trinajstić information content (AvgIpc) is 2.60. The van der Waals surface area contributed by atoms with Crippen LogP contribution in [0.4, 0.5) is 14.5 Å². The zero-order chi connectivity index (χ0) is 17.9.